The summed E-state index contributed by atoms with van der Waals surface area (Å²) in [6, 6.07) is 13.1. The molecule has 3 aromatic carbocycles. The van der Waals surface area contributed by atoms with Crippen LogP contribution in [0.4, 0.5) is 23.2 Å². The Hall–Kier alpha value is -2.85. The monoisotopic (exact) mass is 613 g/mol. The van der Waals surface area contributed by atoms with Gasteiger partial charge in [-0.3, -0.25) is 9.69 Å². The second-order valence-corrected chi connectivity index (χ2v) is 10.2. The first-order valence-electron chi connectivity index (χ1n) is 13.3. The van der Waals surface area contributed by atoms with Crippen LogP contribution in [0.1, 0.15) is 42.7 Å². The number of carbonyl (C=O) groups excluding carboxylic acids is 1. The summed E-state index contributed by atoms with van der Waals surface area (Å²) in [5, 5.41) is 5.89. The lowest BCUT2D eigenvalue weighted by Crippen LogP contribution is -2.35. The first-order chi connectivity index (χ1) is 18.9. The highest BCUT2D eigenvalue weighted by Gasteiger charge is 2.26. The van der Waals surface area contributed by atoms with Gasteiger partial charge in [0.05, 0.1) is 5.69 Å². The molecule has 0 unspecified atom stereocenters. The Labute approximate surface area is 249 Å². The molecule has 2 N–H and O–H groups in total. The van der Waals surface area contributed by atoms with Gasteiger partial charge in [-0.2, -0.15) is 0 Å². The predicted molar refractivity (Wildman–Crippen MR) is 155 cm³/mol. The zero-order valence-electron chi connectivity index (χ0n) is 22.3. The lowest BCUT2D eigenvalue weighted by Gasteiger charge is -2.32. The molecule has 0 radical (unpaired) electrons. The quantitative estimate of drug-likeness (QED) is 0.277. The average Bonchev–Trinajstić information content (AvgIpc) is 2.94. The number of anilines is 1. The molecule has 2 aliphatic rings. The molecule has 0 atom stereocenters. The molecule has 41 heavy (non-hydrogen) atoms. The van der Waals surface area contributed by atoms with Crippen molar-refractivity contribution in [3.05, 3.63) is 89.0 Å². The molecule has 0 saturated carbocycles. The number of ether oxygens (including phenoxy) is 1. The van der Waals surface area contributed by atoms with Crippen molar-refractivity contribution in [3.8, 4) is 11.5 Å². The Kier molecular flexibility index (Phi) is 11.8. The van der Waals surface area contributed by atoms with Gasteiger partial charge in [-0.25, -0.2) is 17.6 Å². The van der Waals surface area contributed by atoms with Crippen molar-refractivity contribution in [2.75, 3.05) is 31.5 Å². The lowest BCUT2D eigenvalue weighted by molar-refractivity contribution is -0.120. The minimum atomic E-state index is -0.966. The zero-order chi connectivity index (χ0) is 27.4. The second kappa shape index (κ2) is 14.9. The maximum atomic E-state index is 14.8. The zero-order valence-corrected chi connectivity index (χ0v) is 23.9. The molecular formula is C30H33Cl2F4N3O2. The van der Waals surface area contributed by atoms with Crippen LogP contribution in [0.15, 0.2) is 54.6 Å². The van der Waals surface area contributed by atoms with Crippen LogP contribution < -0.4 is 15.4 Å². The van der Waals surface area contributed by atoms with Crippen LogP contribution in [0.25, 0.3) is 0 Å². The van der Waals surface area contributed by atoms with E-state index in [9.17, 15) is 22.4 Å². The molecule has 222 valence electrons. The molecule has 2 saturated heterocycles. The van der Waals surface area contributed by atoms with Gasteiger partial charge in [-0.15, -0.1) is 24.8 Å². The van der Waals surface area contributed by atoms with E-state index in [0.29, 0.717) is 43.5 Å². The number of benzene rings is 3. The molecule has 0 bridgehead atoms. The minimum Gasteiger partial charge on any atom is -0.457 e. The number of halogens is 6. The molecule has 11 heteroatoms. The summed E-state index contributed by atoms with van der Waals surface area (Å²) in [4.78, 5) is 14.9. The fourth-order valence-electron chi connectivity index (χ4n) is 5.29. The maximum absolute atomic E-state index is 14.8. The second-order valence-electron chi connectivity index (χ2n) is 10.2. The van der Waals surface area contributed by atoms with E-state index in [4.69, 9.17) is 4.74 Å². The Bertz CT molecular complexity index is 1320. The van der Waals surface area contributed by atoms with Gasteiger partial charge < -0.3 is 15.4 Å². The van der Waals surface area contributed by atoms with Crippen molar-refractivity contribution >= 4 is 36.4 Å². The first-order valence-corrected chi connectivity index (χ1v) is 13.3. The SMILES string of the molecule is Cl.Cl.O=C(Nc1cc(C2CCN(Cc3ccc(Oc4ccc(F)c(F)c4)cc3)CC2)c(F)cc1F)C1CCNCC1. The third kappa shape index (κ3) is 8.35. The van der Waals surface area contributed by atoms with E-state index >= 15 is 0 Å². The third-order valence-electron chi connectivity index (χ3n) is 7.54. The fourth-order valence-corrected chi connectivity index (χ4v) is 5.29. The molecule has 1 amide bonds. The highest BCUT2D eigenvalue weighted by Crippen LogP contribution is 2.34. The van der Waals surface area contributed by atoms with Crippen LogP contribution in [0.2, 0.25) is 0 Å². The van der Waals surface area contributed by atoms with Gasteiger partial charge in [-0.1, -0.05) is 12.1 Å². The minimum absolute atomic E-state index is 0. The van der Waals surface area contributed by atoms with Crippen molar-refractivity contribution < 1.29 is 27.1 Å². The molecule has 0 aliphatic carbocycles. The van der Waals surface area contributed by atoms with Gasteiger partial charge in [0.2, 0.25) is 5.91 Å². The van der Waals surface area contributed by atoms with E-state index in [1.165, 1.54) is 12.1 Å². The number of hydrogen-bond donors (Lipinski definition) is 2. The van der Waals surface area contributed by atoms with E-state index in [2.05, 4.69) is 15.5 Å². The smallest absolute Gasteiger partial charge is 0.227 e. The van der Waals surface area contributed by atoms with E-state index in [1.54, 1.807) is 12.1 Å². The van der Waals surface area contributed by atoms with Gasteiger partial charge in [0, 0.05) is 24.6 Å². The number of amides is 1. The van der Waals surface area contributed by atoms with Gasteiger partial charge in [0.15, 0.2) is 11.6 Å². The highest BCUT2D eigenvalue weighted by molar-refractivity contribution is 5.92. The average molecular weight is 615 g/mol. The summed E-state index contributed by atoms with van der Waals surface area (Å²) >= 11 is 0. The summed E-state index contributed by atoms with van der Waals surface area (Å²) < 4.78 is 61.4. The standard InChI is InChI=1S/C30H31F4N3O2.2ClH/c31-25-6-5-23(15-27(25)33)39-22-3-1-19(2-4-22)18-37-13-9-20(10-14-37)24-16-29(28(34)17-26(24)32)36-30(38)21-7-11-35-12-8-21;;/h1-6,15-17,20-21,35H,7-14,18H2,(H,36,38);2*1H. The Balaban J connectivity index is 0.00000231. The molecule has 5 rings (SSSR count). The Morgan fingerprint density at radius 1 is 0.805 bits per heavy atom. The summed E-state index contributed by atoms with van der Waals surface area (Å²) in [6.07, 6.45) is 2.82. The van der Waals surface area contributed by atoms with Gasteiger partial charge in [-0.05, 0) is 99.2 Å². The molecule has 2 aliphatic heterocycles. The maximum Gasteiger partial charge on any atom is 0.227 e. The summed E-state index contributed by atoms with van der Waals surface area (Å²) in [7, 11) is 0. The van der Waals surface area contributed by atoms with Crippen molar-refractivity contribution in [2.45, 2.75) is 38.1 Å². The number of rotatable bonds is 7. The molecule has 5 nitrogen and oxygen atoms in total. The van der Waals surface area contributed by atoms with Crippen molar-refractivity contribution in [1.29, 1.82) is 0 Å². The topological polar surface area (TPSA) is 53.6 Å². The van der Waals surface area contributed by atoms with Crippen LogP contribution in [0.5, 0.6) is 11.5 Å². The van der Waals surface area contributed by atoms with E-state index in [0.717, 1.165) is 49.9 Å². The van der Waals surface area contributed by atoms with Gasteiger partial charge in [0.25, 0.3) is 0 Å². The van der Waals surface area contributed by atoms with Crippen molar-refractivity contribution in [3.63, 3.8) is 0 Å². The van der Waals surface area contributed by atoms with Crippen LogP contribution in [0, 0.1) is 29.2 Å². The molecule has 3 aromatic rings. The molecule has 0 spiro atoms. The molecule has 2 heterocycles. The lowest BCUT2D eigenvalue weighted by atomic mass is 9.88. The summed E-state index contributed by atoms with van der Waals surface area (Å²) in [5.41, 5.74) is 1.54. The van der Waals surface area contributed by atoms with Crippen LogP contribution in [0.3, 0.4) is 0 Å². The van der Waals surface area contributed by atoms with Crippen molar-refractivity contribution in [2.24, 2.45) is 5.92 Å². The van der Waals surface area contributed by atoms with Crippen LogP contribution >= 0.6 is 24.8 Å². The summed E-state index contributed by atoms with van der Waals surface area (Å²) in [5.74, 6) is -2.96. The van der Waals surface area contributed by atoms with Crippen molar-refractivity contribution in [1.82, 2.24) is 10.2 Å². The van der Waals surface area contributed by atoms with E-state index in [1.807, 2.05) is 12.1 Å². The summed E-state index contributed by atoms with van der Waals surface area (Å²) in [6.45, 7) is 3.68. The number of nitrogens with zero attached hydrogens (tertiary/aromatic N) is 1. The largest absolute Gasteiger partial charge is 0.457 e. The number of hydrogen-bond acceptors (Lipinski definition) is 4. The Morgan fingerprint density at radius 3 is 2.12 bits per heavy atom. The number of likely N-dealkylation sites (tertiary alicyclic amines) is 1. The van der Waals surface area contributed by atoms with E-state index < -0.39 is 23.3 Å². The van der Waals surface area contributed by atoms with Crippen LogP contribution in [-0.2, 0) is 11.3 Å². The number of carbonyl (C=O) groups is 1. The van der Waals surface area contributed by atoms with Gasteiger partial charge in [0.1, 0.15) is 23.1 Å². The molecular weight excluding hydrogens is 581 g/mol. The Morgan fingerprint density at radius 2 is 1.46 bits per heavy atom. The predicted octanol–water partition coefficient (Wildman–Crippen LogP) is 7.20. The highest BCUT2D eigenvalue weighted by atomic mass is 35.5. The van der Waals surface area contributed by atoms with Gasteiger partial charge >= 0.3 is 0 Å². The molecule has 2 fully saturated rings. The first kappa shape index (κ1) is 32.7. The third-order valence-corrected chi connectivity index (χ3v) is 7.54. The number of nitrogens with one attached hydrogen (secondary N) is 2. The van der Waals surface area contributed by atoms with E-state index in [-0.39, 0.29) is 54.0 Å². The fraction of sp³-hybridized carbons (Fsp3) is 0.367. The number of piperidine rings is 2. The van der Waals surface area contributed by atoms with Crippen LogP contribution in [-0.4, -0.2) is 37.0 Å². The normalized spacial score (nSPS) is 16.4. The molecule has 0 aromatic heterocycles.